The molecule has 2 nitrogen and oxygen atoms in total. The van der Waals surface area contributed by atoms with Crippen molar-refractivity contribution in [2.45, 2.75) is 71.1 Å². The topological polar surface area (TPSA) is 40.1 Å². The van der Waals surface area contributed by atoms with Gasteiger partial charge in [-0.25, -0.2) is 0 Å². The second kappa shape index (κ2) is 6.91. The number of carbonyl (C=O) groups is 1. The average Bonchev–Trinajstić information content (AvgIpc) is 2.46. The van der Waals surface area contributed by atoms with Crippen molar-refractivity contribution in [1.82, 2.24) is 0 Å². The summed E-state index contributed by atoms with van der Waals surface area (Å²) < 4.78 is 0. The largest absolute Gasteiger partial charge is 1.00 e. The van der Waals surface area contributed by atoms with Gasteiger partial charge in [-0.15, -0.1) is 0 Å². The van der Waals surface area contributed by atoms with Crippen molar-refractivity contribution >= 4 is 5.97 Å². The van der Waals surface area contributed by atoms with Crippen LogP contribution in [0.25, 0.3) is 0 Å². The number of hydrogen-bond donors (Lipinski definition) is 0. The van der Waals surface area contributed by atoms with Gasteiger partial charge in [-0.05, 0) is 59.6 Å². The number of carboxylic acids is 1. The third-order valence-electron chi connectivity index (χ3n) is 6.51. The van der Waals surface area contributed by atoms with Crippen LogP contribution in [0.15, 0.2) is 18.2 Å². The molecular formula is C20H27KO2. The molecule has 120 valence electrons. The van der Waals surface area contributed by atoms with Gasteiger partial charge < -0.3 is 9.90 Å². The molecule has 0 amide bonds. The SMILES string of the molecule is CC(C)c1ccc2c(c1)CC[C@H]1[C@](C)(C(=O)[O-])CCC[C@]21C.[K+]. The third kappa shape index (κ3) is 3.13. The molecule has 0 unspecified atom stereocenters. The van der Waals surface area contributed by atoms with E-state index in [2.05, 4.69) is 39.0 Å². The number of fused-ring (bicyclic) bond motifs is 3. The molecule has 1 saturated carbocycles. The zero-order chi connectivity index (χ0) is 16.1. The van der Waals surface area contributed by atoms with Crippen LogP contribution in [-0.2, 0) is 16.6 Å². The quantitative estimate of drug-likeness (QED) is 0.740. The molecule has 0 N–H and O–H groups in total. The second-order valence-corrected chi connectivity index (χ2v) is 8.14. The normalized spacial score (nSPS) is 32.7. The van der Waals surface area contributed by atoms with Crippen molar-refractivity contribution in [3.63, 3.8) is 0 Å². The Hall–Kier alpha value is 0.326. The summed E-state index contributed by atoms with van der Waals surface area (Å²) in [6.07, 6.45) is 4.79. The zero-order valence-electron chi connectivity index (χ0n) is 15.2. The average molecular weight is 339 g/mol. The monoisotopic (exact) mass is 338 g/mol. The standard InChI is InChI=1S/C20H28O2.K/c1-13(2)14-6-8-16-15(12-14)7-9-17-19(16,3)10-5-11-20(17,4)18(21)22;/h6,8,12-13,17H,5,7,9-11H2,1-4H3,(H,21,22);/q;+1/p-1/t17-,19-,20-;/m1./s1. The first-order valence-electron chi connectivity index (χ1n) is 8.64. The van der Waals surface area contributed by atoms with Gasteiger partial charge in [0, 0.05) is 11.4 Å². The minimum atomic E-state index is -0.856. The molecule has 23 heavy (non-hydrogen) atoms. The molecule has 2 aliphatic rings. The van der Waals surface area contributed by atoms with E-state index in [0.717, 1.165) is 32.1 Å². The number of aliphatic carboxylic acids is 1. The van der Waals surface area contributed by atoms with Crippen molar-refractivity contribution in [2.24, 2.45) is 11.3 Å². The van der Waals surface area contributed by atoms with Crippen molar-refractivity contribution in [3.8, 4) is 0 Å². The van der Waals surface area contributed by atoms with E-state index < -0.39 is 11.4 Å². The number of carbonyl (C=O) groups excluding carboxylic acids is 1. The molecule has 0 saturated heterocycles. The Kier molecular flexibility index (Phi) is 5.91. The molecule has 0 radical (unpaired) electrons. The van der Waals surface area contributed by atoms with Crippen LogP contribution in [-0.4, -0.2) is 5.97 Å². The Labute approximate surface area is 182 Å². The molecule has 0 heterocycles. The minimum Gasteiger partial charge on any atom is -0.550 e. The van der Waals surface area contributed by atoms with E-state index in [4.69, 9.17) is 0 Å². The van der Waals surface area contributed by atoms with E-state index in [1.165, 1.54) is 16.7 Å². The molecule has 0 aromatic heterocycles. The molecule has 0 aliphatic heterocycles. The first-order valence-corrected chi connectivity index (χ1v) is 8.64. The number of hydrogen-bond acceptors (Lipinski definition) is 2. The van der Waals surface area contributed by atoms with Gasteiger partial charge >= 0.3 is 51.4 Å². The van der Waals surface area contributed by atoms with E-state index in [1.807, 2.05) is 6.92 Å². The molecule has 2 aliphatic carbocycles. The first kappa shape index (κ1) is 19.6. The van der Waals surface area contributed by atoms with Gasteiger partial charge in [0.15, 0.2) is 0 Å². The van der Waals surface area contributed by atoms with Gasteiger partial charge in [-0.1, -0.05) is 52.3 Å². The molecule has 0 bridgehead atoms. The van der Waals surface area contributed by atoms with Gasteiger partial charge in [0.1, 0.15) is 0 Å². The van der Waals surface area contributed by atoms with E-state index in [0.29, 0.717) is 5.92 Å². The Balaban J connectivity index is 0.00000192. The fourth-order valence-electron chi connectivity index (χ4n) is 5.11. The molecule has 1 aromatic carbocycles. The summed E-state index contributed by atoms with van der Waals surface area (Å²) in [4.78, 5) is 11.8. The van der Waals surface area contributed by atoms with Crippen LogP contribution < -0.4 is 56.5 Å². The Bertz CT molecular complexity index is 610. The van der Waals surface area contributed by atoms with Crippen molar-refractivity contribution in [1.29, 1.82) is 0 Å². The van der Waals surface area contributed by atoms with E-state index in [1.54, 1.807) is 0 Å². The van der Waals surface area contributed by atoms with Crippen LogP contribution in [0, 0.1) is 11.3 Å². The summed E-state index contributed by atoms with van der Waals surface area (Å²) in [5.41, 5.74) is 3.52. The van der Waals surface area contributed by atoms with Gasteiger partial charge in [0.2, 0.25) is 0 Å². The maximum Gasteiger partial charge on any atom is 1.00 e. The summed E-state index contributed by atoms with van der Waals surface area (Å²) in [5, 5.41) is 11.8. The molecule has 0 spiro atoms. The van der Waals surface area contributed by atoms with Crippen molar-refractivity contribution < 1.29 is 61.3 Å². The predicted octanol–water partition coefficient (Wildman–Crippen LogP) is 0.574. The fourth-order valence-corrected chi connectivity index (χ4v) is 5.11. The smallest absolute Gasteiger partial charge is 0.550 e. The summed E-state index contributed by atoms with van der Waals surface area (Å²) in [5.74, 6) is -0.127. The molecule has 3 rings (SSSR count). The second-order valence-electron chi connectivity index (χ2n) is 8.14. The van der Waals surface area contributed by atoms with E-state index in [-0.39, 0.29) is 62.7 Å². The Morgan fingerprint density at radius 2 is 1.96 bits per heavy atom. The Morgan fingerprint density at radius 3 is 2.57 bits per heavy atom. The summed E-state index contributed by atoms with van der Waals surface area (Å²) >= 11 is 0. The van der Waals surface area contributed by atoms with Crippen LogP contribution in [0.2, 0.25) is 0 Å². The van der Waals surface area contributed by atoms with Crippen molar-refractivity contribution in [2.75, 3.05) is 0 Å². The van der Waals surface area contributed by atoms with Gasteiger partial charge in [-0.2, -0.15) is 0 Å². The Morgan fingerprint density at radius 1 is 1.26 bits per heavy atom. The maximum atomic E-state index is 11.8. The number of rotatable bonds is 2. The molecule has 1 fully saturated rings. The first-order chi connectivity index (χ1) is 10.3. The van der Waals surface area contributed by atoms with Crippen LogP contribution in [0.5, 0.6) is 0 Å². The van der Waals surface area contributed by atoms with Crippen LogP contribution in [0.3, 0.4) is 0 Å². The minimum absolute atomic E-state index is 0. The molecular weight excluding hydrogens is 311 g/mol. The van der Waals surface area contributed by atoms with E-state index in [9.17, 15) is 9.90 Å². The number of aryl methyl sites for hydroxylation is 1. The maximum absolute atomic E-state index is 11.8. The fraction of sp³-hybridized carbons (Fsp3) is 0.650. The number of carboxylic acid groups (broad SMARTS) is 1. The molecule has 1 aromatic rings. The predicted molar refractivity (Wildman–Crippen MR) is 86.7 cm³/mol. The summed E-state index contributed by atoms with van der Waals surface area (Å²) in [6, 6.07) is 6.87. The van der Waals surface area contributed by atoms with E-state index >= 15 is 0 Å². The number of benzene rings is 1. The summed E-state index contributed by atoms with van der Waals surface area (Å²) in [7, 11) is 0. The molecule has 3 atom stereocenters. The van der Waals surface area contributed by atoms with Crippen molar-refractivity contribution in [3.05, 3.63) is 34.9 Å². The zero-order valence-corrected chi connectivity index (χ0v) is 18.4. The van der Waals surface area contributed by atoms with Gasteiger partial charge in [0.05, 0.1) is 0 Å². The molecule has 3 heteroatoms. The third-order valence-corrected chi connectivity index (χ3v) is 6.51. The van der Waals surface area contributed by atoms with Gasteiger partial charge in [0.25, 0.3) is 0 Å². The van der Waals surface area contributed by atoms with Crippen LogP contribution in [0.1, 0.15) is 76.0 Å². The van der Waals surface area contributed by atoms with Gasteiger partial charge in [-0.3, -0.25) is 0 Å². The summed E-state index contributed by atoms with van der Waals surface area (Å²) in [6.45, 7) is 8.65. The van der Waals surface area contributed by atoms with Crippen LogP contribution >= 0.6 is 0 Å². The van der Waals surface area contributed by atoms with Crippen LogP contribution in [0.4, 0.5) is 0 Å².